The number of fused-ring (bicyclic) bond motifs is 1. The van der Waals surface area contributed by atoms with Crippen LogP contribution in [0.1, 0.15) is 10.6 Å². The van der Waals surface area contributed by atoms with Gasteiger partial charge in [-0.2, -0.15) is 0 Å². The van der Waals surface area contributed by atoms with E-state index in [4.69, 9.17) is 9.47 Å². The van der Waals surface area contributed by atoms with Crippen molar-refractivity contribution in [2.75, 3.05) is 19.8 Å². The molecule has 0 amide bonds. The third-order valence-electron chi connectivity index (χ3n) is 4.38. The van der Waals surface area contributed by atoms with Gasteiger partial charge in [0.05, 0.1) is 10.6 Å². The number of thiazole rings is 1. The lowest BCUT2D eigenvalue weighted by Crippen LogP contribution is -2.26. The maximum Gasteiger partial charge on any atom is 0.240 e. The Kier molecular flexibility index (Phi) is 5.34. The average molecular weight is 417 g/mol. The maximum atomic E-state index is 12.6. The third-order valence-corrected chi connectivity index (χ3v) is 7.11. The lowest BCUT2D eigenvalue weighted by Gasteiger charge is -2.18. The van der Waals surface area contributed by atoms with Crippen LogP contribution in [-0.4, -0.2) is 33.2 Å². The van der Waals surface area contributed by atoms with Crippen molar-refractivity contribution in [2.45, 2.75) is 18.2 Å². The fraction of sp³-hybridized carbons (Fsp3) is 0.250. The van der Waals surface area contributed by atoms with E-state index in [0.29, 0.717) is 37.7 Å². The predicted octanol–water partition coefficient (Wildman–Crippen LogP) is 3.41. The van der Waals surface area contributed by atoms with Crippen molar-refractivity contribution in [1.29, 1.82) is 0 Å². The molecule has 0 bridgehead atoms. The number of hydrogen-bond acceptors (Lipinski definition) is 6. The summed E-state index contributed by atoms with van der Waals surface area (Å²) in [6.07, 6.45) is 0.583. The van der Waals surface area contributed by atoms with E-state index in [1.807, 2.05) is 37.3 Å². The van der Waals surface area contributed by atoms with Crippen molar-refractivity contribution < 1.29 is 17.9 Å². The van der Waals surface area contributed by atoms with Crippen LogP contribution in [0.5, 0.6) is 11.5 Å². The summed E-state index contributed by atoms with van der Waals surface area (Å²) in [7, 11) is -3.62. The first-order chi connectivity index (χ1) is 13.5. The van der Waals surface area contributed by atoms with Crippen molar-refractivity contribution in [3.63, 3.8) is 0 Å². The van der Waals surface area contributed by atoms with Crippen molar-refractivity contribution in [1.82, 2.24) is 9.71 Å². The molecule has 0 aliphatic carbocycles. The van der Waals surface area contributed by atoms with Gasteiger partial charge in [0.1, 0.15) is 18.2 Å². The summed E-state index contributed by atoms with van der Waals surface area (Å²) in [6.45, 7) is 3.14. The minimum atomic E-state index is -3.62. The first kappa shape index (κ1) is 18.9. The molecule has 4 rings (SSSR count). The summed E-state index contributed by atoms with van der Waals surface area (Å²) in [6, 6.07) is 14.6. The molecule has 6 nitrogen and oxygen atoms in total. The smallest absolute Gasteiger partial charge is 0.240 e. The summed E-state index contributed by atoms with van der Waals surface area (Å²) in [5.41, 5.74) is 2.00. The van der Waals surface area contributed by atoms with E-state index in [-0.39, 0.29) is 4.90 Å². The summed E-state index contributed by atoms with van der Waals surface area (Å²) >= 11 is 1.60. The third kappa shape index (κ3) is 4.04. The number of aromatic nitrogens is 1. The Morgan fingerprint density at radius 1 is 1.07 bits per heavy atom. The lowest BCUT2D eigenvalue weighted by atomic mass is 10.2. The molecule has 0 saturated heterocycles. The number of nitrogens with one attached hydrogen (secondary N) is 1. The van der Waals surface area contributed by atoms with Gasteiger partial charge in [0.15, 0.2) is 11.5 Å². The van der Waals surface area contributed by atoms with E-state index >= 15 is 0 Å². The summed E-state index contributed by atoms with van der Waals surface area (Å²) in [5, 5.41) is 0.947. The van der Waals surface area contributed by atoms with Gasteiger partial charge in [-0.1, -0.05) is 30.3 Å². The summed E-state index contributed by atoms with van der Waals surface area (Å²) < 4.78 is 38.8. The summed E-state index contributed by atoms with van der Waals surface area (Å²) in [5.74, 6) is 1.03. The molecule has 146 valence electrons. The molecule has 2 aromatic carbocycles. The van der Waals surface area contributed by atoms with Gasteiger partial charge in [0.25, 0.3) is 0 Å². The van der Waals surface area contributed by atoms with Crippen LogP contribution in [0.4, 0.5) is 0 Å². The second-order valence-corrected chi connectivity index (χ2v) is 9.20. The van der Waals surface area contributed by atoms with Gasteiger partial charge in [0.2, 0.25) is 10.0 Å². The molecular formula is C20H20N2O4S2. The topological polar surface area (TPSA) is 77.5 Å². The Labute approximate surface area is 168 Å². The molecule has 8 heteroatoms. The highest BCUT2D eigenvalue weighted by molar-refractivity contribution is 7.89. The van der Waals surface area contributed by atoms with E-state index in [1.54, 1.807) is 17.4 Å². The Morgan fingerprint density at radius 3 is 2.61 bits per heavy atom. The van der Waals surface area contributed by atoms with Gasteiger partial charge < -0.3 is 9.47 Å². The zero-order chi connectivity index (χ0) is 19.6. The summed E-state index contributed by atoms with van der Waals surface area (Å²) in [4.78, 5) is 5.86. The fourth-order valence-corrected chi connectivity index (χ4v) is 5.05. The number of nitrogens with zero attached hydrogens (tertiary/aromatic N) is 1. The Balaban J connectivity index is 1.43. The van der Waals surface area contributed by atoms with Crippen LogP contribution in [0.2, 0.25) is 0 Å². The number of aryl methyl sites for hydroxylation is 1. The average Bonchev–Trinajstić information content (AvgIpc) is 3.09. The largest absolute Gasteiger partial charge is 0.486 e. The minimum Gasteiger partial charge on any atom is -0.486 e. The van der Waals surface area contributed by atoms with Crippen LogP contribution in [0, 0.1) is 6.92 Å². The van der Waals surface area contributed by atoms with E-state index in [1.165, 1.54) is 12.1 Å². The van der Waals surface area contributed by atoms with E-state index in [0.717, 1.165) is 21.1 Å². The van der Waals surface area contributed by atoms with Crippen LogP contribution in [0.25, 0.3) is 10.6 Å². The molecule has 28 heavy (non-hydrogen) atoms. The number of hydrogen-bond donors (Lipinski definition) is 1. The number of rotatable bonds is 6. The molecule has 0 spiro atoms. The monoisotopic (exact) mass is 416 g/mol. The highest BCUT2D eigenvalue weighted by Crippen LogP contribution is 2.32. The molecule has 3 aromatic rings. The van der Waals surface area contributed by atoms with E-state index < -0.39 is 10.0 Å². The highest BCUT2D eigenvalue weighted by Gasteiger charge is 2.19. The number of benzene rings is 2. The Hall–Kier alpha value is -2.42. The predicted molar refractivity (Wildman–Crippen MR) is 109 cm³/mol. The molecule has 2 heterocycles. The molecule has 1 aliphatic heterocycles. The fourth-order valence-electron chi connectivity index (χ4n) is 2.94. The van der Waals surface area contributed by atoms with Gasteiger partial charge >= 0.3 is 0 Å². The number of sulfonamides is 1. The molecule has 0 atom stereocenters. The second kappa shape index (κ2) is 7.90. The van der Waals surface area contributed by atoms with Gasteiger partial charge in [0, 0.05) is 23.1 Å². The van der Waals surface area contributed by atoms with Crippen molar-refractivity contribution in [2.24, 2.45) is 0 Å². The van der Waals surface area contributed by atoms with Crippen LogP contribution in [0.15, 0.2) is 53.4 Å². The zero-order valence-corrected chi connectivity index (χ0v) is 17.0. The second-order valence-electron chi connectivity index (χ2n) is 6.35. The van der Waals surface area contributed by atoms with Gasteiger partial charge in [-0.15, -0.1) is 11.3 Å². The molecule has 0 unspecified atom stereocenters. The molecule has 0 saturated carbocycles. The molecule has 1 aromatic heterocycles. The van der Waals surface area contributed by atoms with Crippen LogP contribution < -0.4 is 14.2 Å². The zero-order valence-electron chi connectivity index (χ0n) is 15.3. The Bertz CT molecular complexity index is 1080. The SMILES string of the molecule is Cc1nc(-c2ccccc2)sc1CCNS(=O)(=O)c1ccc2c(c1)OCCO2. The van der Waals surface area contributed by atoms with Gasteiger partial charge in [-0.3, -0.25) is 0 Å². The van der Waals surface area contributed by atoms with Crippen LogP contribution >= 0.6 is 11.3 Å². The normalized spacial score (nSPS) is 13.5. The van der Waals surface area contributed by atoms with Crippen molar-refractivity contribution in [3.8, 4) is 22.1 Å². The first-order valence-corrected chi connectivity index (χ1v) is 11.2. The van der Waals surface area contributed by atoms with Gasteiger partial charge in [-0.25, -0.2) is 18.1 Å². The van der Waals surface area contributed by atoms with Crippen LogP contribution in [0.3, 0.4) is 0 Å². The lowest BCUT2D eigenvalue weighted by molar-refractivity contribution is 0.171. The molecule has 0 fully saturated rings. The molecular weight excluding hydrogens is 396 g/mol. The molecule has 0 radical (unpaired) electrons. The molecule has 1 N–H and O–H groups in total. The highest BCUT2D eigenvalue weighted by atomic mass is 32.2. The number of ether oxygens (including phenoxy) is 2. The van der Waals surface area contributed by atoms with E-state index in [2.05, 4.69) is 9.71 Å². The van der Waals surface area contributed by atoms with Gasteiger partial charge in [-0.05, 0) is 25.5 Å². The standard InChI is InChI=1S/C20H20N2O4S2/c1-14-19(27-20(22-14)15-5-3-2-4-6-15)9-10-21-28(23,24)16-7-8-17-18(13-16)26-12-11-25-17/h2-8,13,21H,9-12H2,1H3. The quantitative estimate of drug-likeness (QED) is 0.666. The van der Waals surface area contributed by atoms with Crippen molar-refractivity contribution in [3.05, 3.63) is 59.1 Å². The van der Waals surface area contributed by atoms with Crippen LogP contribution in [-0.2, 0) is 16.4 Å². The van der Waals surface area contributed by atoms with E-state index in [9.17, 15) is 8.42 Å². The molecule has 1 aliphatic rings. The first-order valence-electron chi connectivity index (χ1n) is 8.94. The van der Waals surface area contributed by atoms with Crippen molar-refractivity contribution >= 4 is 21.4 Å². The maximum absolute atomic E-state index is 12.6. The Morgan fingerprint density at radius 2 is 1.82 bits per heavy atom. The minimum absolute atomic E-state index is 0.169.